The van der Waals surface area contributed by atoms with E-state index in [4.69, 9.17) is 0 Å². The van der Waals surface area contributed by atoms with Crippen LogP contribution in [0.5, 0.6) is 0 Å². The minimum absolute atomic E-state index is 0.167. The molecule has 0 rings (SSSR count). The highest BCUT2D eigenvalue weighted by Gasteiger charge is 2.00. The largest absolute Gasteiger partial charge is 0.300 e. The molecule has 0 aromatic carbocycles. The SMILES string of the molecule is CC(=O)CC(C)C.CC(C)=O.CCCCCCC(=O)CCCCCC. The van der Waals surface area contributed by atoms with Crippen molar-refractivity contribution < 1.29 is 14.4 Å². The molecule has 0 amide bonds. The first kappa shape index (κ1) is 28.8. The van der Waals surface area contributed by atoms with Crippen LogP contribution in [0.15, 0.2) is 0 Å². The Kier molecular flexibility index (Phi) is 26.5. The lowest BCUT2D eigenvalue weighted by molar-refractivity contribution is -0.119. The molecule has 3 heteroatoms. The molecule has 0 aliphatic carbocycles. The summed E-state index contributed by atoms with van der Waals surface area (Å²) in [5.74, 6) is 1.46. The van der Waals surface area contributed by atoms with E-state index in [2.05, 4.69) is 13.8 Å². The van der Waals surface area contributed by atoms with E-state index in [1.807, 2.05) is 13.8 Å². The highest BCUT2D eigenvalue weighted by Crippen LogP contribution is 2.08. The van der Waals surface area contributed by atoms with Gasteiger partial charge in [-0.25, -0.2) is 0 Å². The van der Waals surface area contributed by atoms with E-state index in [-0.39, 0.29) is 11.6 Å². The lowest BCUT2D eigenvalue weighted by Crippen LogP contribution is -1.97. The van der Waals surface area contributed by atoms with Gasteiger partial charge in [-0.15, -0.1) is 0 Å². The van der Waals surface area contributed by atoms with Crippen LogP contribution in [0.2, 0.25) is 0 Å². The van der Waals surface area contributed by atoms with Crippen LogP contribution in [0, 0.1) is 5.92 Å². The van der Waals surface area contributed by atoms with Crippen molar-refractivity contribution in [2.24, 2.45) is 5.92 Å². The van der Waals surface area contributed by atoms with Gasteiger partial charge in [0.1, 0.15) is 17.3 Å². The van der Waals surface area contributed by atoms with Crippen LogP contribution >= 0.6 is 0 Å². The van der Waals surface area contributed by atoms with Crippen molar-refractivity contribution in [1.82, 2.24) is 0 Å². The van der Waals surface area contributed by atoms with Crippen molar-refractivity contribution in [3.63, 3.8) is 0 Å². The predicted molar refractivity (Wildman–Crippen MR) is 109 cm³/mol. The molecule has 0 unspecified atom stereocenters. The summed E-state index contributed by atoms with van der Waals surface area (Å²) in [7, 11) is 0. The van der Waals surface area contributed by atoms with E-state index in [0.29, 0.717) is 11.7 Å². The van der Waals surface area contributed by atoms with Crippen LogP contribution in [0.1, 0.15) is 119 Å². The molecule has 0 aromatic heterocycles. The topological polar surface area (TPSA) is 51.2 Å². The third-order valence-electron chi connectivity index (χ3n) is 3.31. The standard InChI is InChI=1S/C13H26O.C6H12O.C3H6O/c1-3-5-7-9-11-13(14)12-10-8-6-4-2;1-5(2)4-6(3)7;1-3(2)4/h3-12H2,1-2H3;5H,4H2,1-3H3;1-2H3. The van der Waals surface area contributed by atoms with Gasteiger partial charge >= 0.3 is 0 Å². The third kappa shape index (κ3) is 45.1. The molecule has 0 bridgehead atoms. The molecule has 0 saturated carbocycles. The highest BCUT2D eigenvalue weighted by molar-refractivity contribution is 5.78. The van der Waals surface area contributed by atoms with Crippen molar-refractivity contribution in [2.45, 2.75) is 119 Å². The smallest absolute Gasteiger partial charge is 0.132 e. The Morgan fingerprint density at radius 2 is 1.04 bits per heavy atom. The summed E-state index contributed by atoms with van der Waals surface area (Å²) in [6.07, 6.45) is 12.1. The van der Waals surface area contributed by atoms with Gasteiger partial charge in [-0.05, 0) is 39.5 Å². The first-order valence-corrected chi connectivity index (χ1v) is 10.2. The number of hydrogen-bond acceptors (Lipinski definition) is 3. The van der Waals surface area contributed by atoms with Crippen LogP contribution in [-0.4, -0.2) is 17.3 Å². The van der Waals surface area contributed by atoms with Crippen LogP contribution in [0.25, 0.3) is 0 Å². The van der Waals surface area contributed by atoms with Gasteiger partial charge in [0.2, 0.25) is 0 Å². The van der Waals surface area contributed by atoms with Gasteiger partial charge in [0.25, 0.3) is 0 Å². The van der Waals surface area contributed by atoms with Crippen molar-refractivity contribution >= 4 is 17.3 Å². The van der Waals surface area contributed by atoms with E-state index in [9.17, 15) is 14.4 Å². The fourth-order valence-electron chi connectivity index (χ4n) is 2.20. The Balaban J connectivity index is -0.000000365. The zero-order valence-electron chi connectivity index (χ0n) is 18.1. The Bertz CT molecular complexity index is 301. The van der Waals surface area contributed by atoms with Gasteiger partial charge < -0.3 is 9.59 Å². The number of Topliss-reactive ketones (excluding diaryl/α,β-unsaturated/α-hetero) is 3. The fraction of sp³-hybridized carbons (Fsp3) is 0.864. The van der Waals surface area contributed by atoms with Crippen LogP contribution in [-0.2, 0) is 14.4 Å². The molecule has 0 fully saturated rings. The molecule has 0 heterocycles. The van der Waals surface area contributed by atoms with Gasteiger partial charge in [-0.1, -0.05) is 66.2 Å². The molecule has 0 aliphatic heterocycles. The highest BCUT2D eigenvalue weighted by atomic mass is 16.1. The van der Waals surface area contributed by atoms with Crippen molar-refractivity contribution in [3.8, 4) is 0 Å². The number of carbonyl (C=O) groups is 3. The van der Waals surface area contributed by atoms with Crippen molar-refractivity contribution in [3.05, 3.63) is 0 Å². The molecule has 0 atom stereocenters. The quantitative estimate of drug-likeness (QED) is 0.365. The summed E-state index contributed by atoms with van der Waals surface area (Å²) in [5.41, 5.74) is 0. The lowest BCUT2D eigenvalue weighted by atomic mass is 10.0. The lowest BCUT2D eigenvalue weighted by Gasteiger charge is -2.00. The molecule has 0 aliphatic rings. The van der Waals surface area contributed by atoms with E-state index in [1.54, 1.807) is 6.92 Å². The summed E-state index contributed by atoms with van der Waals surface area (Å²) in [4.78, 5) is 31.1. The first-order chi connectivity index (χ1) is 11.7. The Morgan fingerprint density at radius 3 is 1.24 bits per heavy atom. The van der Waals surface area contributed by atoms with E-state index in [1.165, 1.54) is 52.4 Å². The number of rotatable bonds is 12. The predicted octanol–water partition coefficient (Wildman–Crippen LogP) is 6.71. The molecule has 0 spiro atoms. The Morgan fingerprint density at radius 1 is 0.680 bits per heavy atom. The van der Waals surface area contributed by atoms with Gasteiger partial charge in [0, 0.05) is 19.3 Å². The first-order valence-electron chi connectivity index (χ1n) is 10.2. The maximum atomic E-state index is 11.4. The Labute approximate surface area is 157 Å². The fourth-order valence-corrected chi connectivity index (χ4v) is 2.20. The zero-order chi connectivity index (χ0) is 20.1. The normalized spacial score (nSPS) is 9.60. The molecule has 0 radical (unpaired) electrons. The van der Waals surface area contributed by atoms with Gasteiger partial charge in [0.15, 0.2) is 0 Å². The average Bonchev–Trinajstić information content (AvgIpc) is 2.47. The summed E-state index contributed by atoms with van der Waals surface area (Å²) in [6, 6.07) is 0. The van der Waals surface area contributed by atoms with Crippen LogP contribution in [0.3, 0.4) is 0 Å². The van der Waals surface area contributed by atoms with E-state index in [0.717, 1.165) is 32.1 Å². The molecular formula is C22H44O3. The summed E-state index contributed by atoms with van der Waals surface area (Å²) >= 11 is 0. The summed E-state index contributed by atoms with van der Waals surface area (Å²) < 4.78 is 0. The third-order valence-corrected chi connectivity index (χ3v) is 3.31. The number of unbranched alkanes of at least 4 members (excludes halogenated alkanes) is 6. The van der Waals surface area contributed by atoms with Gasteiger partial charge in [0.05, 0.1) is 0 Å². The second kappa shape index (κ2) is 23.0. The van der Waals surface area contributed by atoms with E-state index < -0.39 is 0 Å². The maximum Gasteiger partial charge on any atom is 0.132 e. The van der Waals surface area contributed by atoms with Crippen molar-refractivity contribution in [2.75, 3.05) is 0 Å². The van der Waals surface area contributed by atoms with Crippen LogP contribution < -0.4 is 0 Å². The van der Waals surface area contributed by atoms with Crippen molar-refractivity contribution in [1.29, 1.82) is 0 Å². The minimum atomic E-state index is 0.167. The van der Waals surface area contributed by atoms with Crippen LogP contribution in [0.4, 0.5) is 0 Å². The minimum Gasteiger partial charge on any atom is -0.300 e. The molecule has 0 saturated heterocycles. The summed E-state index contributed by atoms with van der Waals surface area (Å²) in [5, 5.41) is 0. The van der Waals surface area contributed by atoms with Gasteiger partial charge in [-0.3, -0.25) is 4.79 Å². The molecular weight excluding hydrogens is 312 g/mol. The zero-order valence-corrected chi connectivity index (χ0v) is 18.1. The maximum absolute atomic E-state index is 11.4. The van der Waals surface area contributed by atoms with Gasteiger partial charge in [-0.2, -0.15) is 0 Å². The molecule has 3 nitrogen and oxygen atoms in total. The molecule has 0 aromatic rings. The average molecular weight is 357 g/mol. The second-order valence-corrected chi connectivity index (χ2v) is 7.37. The second-order valence-electron chi connectivity index (χ2n) is 7.37. The molecule has 150 valence electrons. The molecule has 0 N–H and O–H groups in total. The number of hydrogen-bond donors (Lipinski definition) is 0. The molecule has 25 heavy (non-hydrogen) atoms. The monoisotopic (exact) mass is 356 g/mol. The number of carbonyl (C=O) groups excluding carboxylic acids is 3. The van der Waals surface area contributed by atoms with E-state index >= 15 is 0 Å². The number of ketones is 3. The Hall–Kier alpha value is -0.990. The summed E-state index contributed by atoms with van der Waals surface area (Å²) in [6.45, 7) is 13.2.